The lowest BCUT2D eigenvalue weighted by atomic mass is 10.2. The molecule has 3 heteroatoms. The first kappa shape index (κ1) is 10.8. The molecule has 82 valence electrons. The number of nitrogens with one attached hydrogen (secondary N) is 2. The molecule has 0 spiro atoms. The Kier molecular flexibility index (Phi) is 3.49. The maximum absolute atomic E-state index is 5.96. The molecular formula is C12H17ClN2. The molecule has 0 amide bonds. The van der Waals surface area contributed by atoms with Crippen LogP contribution in [-0.4, -0.2) is 19.1 Å². The molecule has 1 aliphatic rings. The molecule has 1 aromatic rings. The summed E-state index contributed by atoms with van der Waals surface area (Å²) in [5, 5.41) is 7.71. The van der Waals surface area contributed by atoms with Crippen LogP contribution in [0.1, 0.15) is 18.4 Å². The zero-order valence-electron chi connectivity index (χ0n) is 9.02. The van der Waals surface area contributed by atoms with Crippen molar-refractivity contribution in [2.24, 2.45) is 0 Å². The molecule has 1 heterocycles. The van der Waals surface area contributed by atoms with Crippen molar-refractivity contribution in [1.82, 2.24) is 5.32 Å². The number of rotatable bonds is 3. The first-order valence-corrected chi connectivity index (χ1v) is 5.87. The zero-order valence-corrected chi connectivity index (χ0v) is 9.77. The van der Waals surface area contributed by atoms with Gasteiger partial charge in [0.1, 0.15) is 0 Å². The Morgan fingerprint density at radius 2 is 2.40 bits per heavy atom. The van der Waals surface area contributed by atoms with Crippen LogP contribution >= 0.6 is 11.6 Å². The van der Waals surface area contributed by atoms with E-state index in [2.05, 4.69) is 17.6 Å². The lowest BCUT2D eigenvalue weighted by molar-refractivity contribution is 0.633. The normalized spacial score (nSPS) is 20.5. The number of benzene rings is 1. The Morgan fingerprint density at radius 1 is 1.53 bits per heavy atom. The second kappa shape index (κ2) is 4.86. The molecular weight excluding hydrogens is 208 g/mol. The maximum atomic E-state index is 5.96. The number of halogens is 1. The third kappa shape index (κ3) is 2.86. The van der Waals surface area contributed by atoms with Gasteiger partial charge >= 0.3 is 0 Å². The average molecular weight is 225 g/mol. The van der Waals surface area contributed by atoms with E-state index in [9.17, 15) is 0 Å². The van der Waals surface area contributed by atoms with E-state index in [1.807, 2.05) is 18.2 Å². The number of aryl methyl sites for hydroxylation is 1. The molecule has 2 nitrogen and oxygen atoms in total. The summed E-state index contributed by atoms with van der Waals surface area (Å²) in [6.07, 6.45) is 2.56. The van der Waals surface area contributed by atoms with E-state index in [4.69, 9.17) is 11.6 Å². The van der Waals surface area contributed by atoms with Crippen molar-refractivity contribution >= 4 is 17.3 Å². The Morgan fingerprint density at radius 3 is 3.13 bits per heavy atom. The minimum absolute atomic E-state index is 0.614. The molecule has 1 atom stereocenters. The predicted octanol–water partition coefficient (Wildman–Crippen LogP) is 2.81. The quantitative estimate of drug-likeness (QED) is 0.825. The SMILES string of the molecule is Cc1ccc(Cl)cc1NC[C@@H]1CCCN1. The molecule has 0 unspecified atom stereocenters. The molecule has 1 aliphatic heterocycles. The van der Waals surface area contributed by atoms with Gasteiger partial charge in [0.25, 0.3) is 0 Å². The molecule has 0 aliphatic carbocycles. The highest BCUT2D eigenvalue weighted by Crippen LogP contribution is 2.20. The number of hydrogen-bond donors (Lipinski definition) is 2. The Bertz CT molecular complexity index is 332. The summed E-state index contributed by atoms with van der Waals surface area (Å²) in [5.41, 5.74) is 2.40. The second-order valence-corrected chi connectivity index (χ2v) is 4.57. The maximum Gasteiger partial charge on any atom is 0.0426 e. The van der Waals surface area contributed by atoms with Crippen LogP contribution in [0.4, 0.5) is 5.69 Å². The van der Waals surface area contributed by atoms with E-state index in [0.717, 1.165) is 23.8 Å². The summed E-state index contributed by atoms with van der Waals surface area (Å²) in [4.78, 5) is 0. The van der Waals surface area contributed by atoms with Crippen molar-refractivity contribution in [1.29, 1.82) is 0 Å². The molecule has 2 rings (SSSR count). The van der Waals surface area contributed by atoms with Crippen LogP contribution in [0.3, 0.4) is 0 Å². The van der Waals surface area contributed by atoms with Crippen LogP contribution in [0.15, 0.2) is 18.2 Å². The highest BCUT2D eigenvalue weighted by Gasteiger charge is 2.13. The van der Waals surface area contributed by atoms with E-state index >= 15 is 0 Å². The standard InChI is InChI=1S/C12H17ClN2/c1-9-4-5-10(13)7-12(9)15-8-11-3-2-6-14-11/h4-5,7,11,14-15H,2-3,6,8H2,1H3/t11-/m0/s1. The smallest absolute Gasteiger partial charge is 0.0426 e. The lowest BCUT2D eigenvalue weighted by Gasteiger charge is -2.14. The third-order valence-electron chi connectivity index (χ3n) is 2.90. The van der Waals surface area contributed by atoms with E-state index in [1.54, 1.807) is 0 Å². The minimum Gasteiger partial charge on any atom is -0.383 e. The molecule has 0 saturated carbocycles. The summed E-state index contributed by atoms with van der Waals surface area (Å²) in [6.45, 7) is 4.24. The largest absolute Gasteiger partial charge is 0.383 e. The van der Waals surface area contributed by atoms with Crippen LogP contribution < -0.4 is 10.6 Å². The Hall–Kier alpha value is -0.730. The fraction of sp³-hybridized carbons (Fsp3) is 0.500. The highest BCUT2D eigenvalue weighted by molar-refractivity contribution is 6.30. The highest BCUT2D eigenvalue weighted by atomic mass is 35.5. The monoisotopic (exact) mass is 224 g/mol. The van der Waals surface area contributed by atoms with Gasteiger partial charge in [-0.15, -0.1) is 0 Å². The van der Waals surface area contributed by atoms with Gasteiger partial charge in [0, 0.05) is 23.3 Å². The number of hydrogen-bond acceptors (Lipinski definition) is 2. The molecule has 1 aromatic carbocycles. The Labute approximate surface area is 96.0 Å². The first-order valence-electron chi connectivity index (χ1n) is 5.49. The topological polar surface area (TPSA) is 24.1 Å². The third-order valence-corrected chi connectivity index (χ3v) is 3.14. The lowest BCUT2D eigenvalue weighted by Crippen LogP contribution is -2.29. The van der Waals surface area contributed by atoms with Crippen molar-refractivity contribution in [3.8, 4) is 0 Å². The molecule has 1 fully saturated rings. The summed E-state index contributed by atoms with van der Waals surface area (Å²) >= 11 is 5.96. The minimum atomic E-state index is 0.614. The van der Waals surface area contributed by atoms with Gasteiger partial charge in [-0.25, -0.2) is 0 Å². The van der Waals surface area contributed by atoms with Crippen molar-refractivity contribution in [3.05, 3.63) is 28.8 Å². The first-order chi connectivity index (χ1) is 7.25. The molecule has 0 bridgehead atoms. The second-order valence-electron chi connectivity index (χ2n) is 4.13. The summed E-state index contributed by atoms with van der Waals surface area (Å²) in [6, 6.07) is 6.58. The summed E-state index contributed by atoms with van der Waals surface area (Å²) in [7, 11) is 0. The van der Waals surface area contributed by atoms with Gasteiger partial charge in [-0.05, 0) is 44.0 Å². The summed E-state index contributed by atoms with van der Waals surface area (Å²) in [5.74, 6) is 0. The van der Waals surface area contributed by atoms with Crippen LogP contribution in [-0.2, 0) is 0 Å². The van der Waals surface area contributed by atoms with E-state index < -0.39 is 0 Å². The van der Waals surface area contributed by atoms with Gasteiger partial charge in [-0.3, -0.25) is 0 Å². The van der Waals surface area contributed by atoms with Crippen molar-refractivity contribution in [3.63, 3.8) is 0 Å². The van der Waals surface area contributed by atoms with Crippen LogP contribution in [0.25, 0.3) is 0 Å². The molecule has 0 aromatic heterocycles. The average Bonchev–Trinajstić information content (AvgIpc) is 2.72. The van der Waals surface area contributed by atoms with E-state index in [-0.39, 0.29) is 0 Å². The van der Waals surface area contributed by atoms with E-state index in [0.29, 0.717) is 6.04 Å². The van der Waals surface area contributed by atoms with Crippen molar-refractivity contribution < 1.29 is 0 Å². The van der Waals surface area contributed by atoms with Gasteiger partial charge in [-0.1, -0.05) is 17.7 Å². The van der Waals surface area contributed by atoms with Gasteiger partial charge in [0.05, 0.1) is 0 Å². The number of anilines is 1. The van der Waals surface area contributed by atoms with Crippen LogP contribution in [0, 0.1) is 6.92 Å². The molecule has 1 saturated heterocycles. The Balaban J connectivity index is 1.94. The van der Waals surface area contributed by atoms with Crippen molar-refractivity contribution in [2.45, 2.75) is 25.8 Å². The van der Waals surface area contributed by atoms with Crippen LogP contribution in [0.5, 0.6) is 0 Å². The fourth-order valence-electron chi connectivity index (χ4n) is 1.95. The fourth-order valence-corrected chi connectivity index (χ4v) is 2.12. The predicted molar refractivity (Wildman–Crippen MR) is 65.7 cm³/mol. The molecule has 0 radical (unpaired) electrons. The van der Waals surface area contributed by atoms with Gasteiger partial charge in [0.15, 0.2) is 0 Å². The zero-order chi connectivity index (χ0) is 10.7. The molecule has 15 heavy (non-hydrogen) atoms. The molecule has 2 N–H and O–H groups in total. The van der Waals surface area contributed by atoms with Crippen LogP contribution in [0.2, 0.25) is 5.02 Å². The van der Waals surface area contributed by atoms with Gasteiger partial charge in [0.2, 0.25) is 0 Å². The van der Waals surface area contributed by atoms with Gasteiger partial charge in [-0.2, -0.15) is 0 Å². The van der Waals surface area contributed by atoms with Crippen molar-refractivity contribution in [2.75, 3.05) is 18.4 Å². The summed E-state index contributed by atoms with van der Waals surface area (Å²) < 4.78 is 0. The van der Waals surface area contributed by atoms with E-state index in [1.165, 1.54) is 18.4 Å². The van der Waals surface area contributed by atoms with Gasteiger partial charge < -0.3 is 10.6 Å².